The lowest BCUT2D eigenvalue weighted by Crippen LogP contribution is -2.32. The van der Waals surface area contributed by atoms with E-state index in [1.165, 1.54) is 12.3 Å². The first kappa shape index (κ1) is 8.52. The molecule has 0 aliphatic carbocycles. The molecule has 0 aliphatic rings. The number of hydrogen-bond donors (Lipinski definition) is 3. The minimum atomic E-state index is -1.69. The summed E-state index contributed by atoms with van der Waals surface area (Å²) < 4.78 is 0. The number of pyridine rings is 1. The monoisotopic (exact) mass is 163 g/mol. The van der Waals surface area contributed by atoms with Crippen LogP contribution in [0.4, 0.5) is 5.82 Å². The maximum atomic E-state index is 8.75. The molecule has 0 aromatic carbocycles. The van der Waals surface area contributed by atoms with E-state index >= 15 is 0 Å². The summed E-state index contributed by atoms with van der Waals surface area (Å²) >= 11 is 0. The Hall–Kier alpha value is -1.58. The molecule has 0 aliphatic heterocycles. The topological polar surface area (TPSA) is 103 Å². The van der Waals surface area contributed by atoms with Gasteiger partial charge in [0, 0.05) is 11.7 Å². The molecule has 0 spiro atoms. The first-order valence-electron chi connectivity index (χ1n) is 3.17. The second-order valence-corrected chi connectivity index (χ2v) is 2.18. The van der Waals surface area contributed by atoms with Gasteiger partial charge in [-0.25, -0.2) is 4.98 Å². The van der Waals surface area contributed by atoms with Gasteiger partial charge in [0.1, 0.15) is 5.82 Å². The van der Waals surface area contributed by atoms with E-state index in [9.17, 15) is 0 Å². The highest BCUT2D eigenvalue weighted by Gasteiger charge is 2.16. The van der Waals surface area contributed by atoms with Gasteiger partial charge in [0.05, 0.1) is 11.6 Å². The molecule has 1 rings (SSSR count). The zero-order chi connectivity index (χ0) is 9.14. The molecule has 0 saturated heterocycles. The lowest BCUT2D eigenvalue weighted by atomic mass is 9.78. The zero-order valence-corrected chi connectivity index (χ0v) is 6.10. The van der Waals surface area contributed by atoms with Crippen LogP contribution in [0.15, 0.2) is 12.3 Å². The summed E-state index contributed by atoms with van der Waals surface area (Å²) in [5.74, 6) is 0.177. The summed E-state index contributed by atoms with van der Waals surface area (Å²) in [7, 11) is -1.69. The predicted octanol–water partition coefficient (Wildman–Crippen LogP) is -1.78. The second kappa shape index (κ2) is 3.22. The largest absolute Gasteiger partial charge is 0.491 e. The fourth-order valence-electron chi connectivity index (χ4n) is 0.785. The van der Waals surface area contributed by atoms with Crippen LogP contribution in [0, 0.1) is 11.3 Å². The highest BCUT2D eigenvalue weighted by molar-refractivity contribution is 6.59. The molecule has 0 radical (unpaired) electrons. The van der Waals surface area contributed by atoms with Crippen molar-refractivity contribution < 1.29 is 10.0 Å². The average Bonchev–Trinajstić information content (AvgIpc) is 2.03. The fourth-order valence-corrected chi connectivity index (χ4v) is 0.785. The standard InChI is InChI=1S/C6H6BN3O2/c8-2-4-1-6(9)10-3-5(4)7(11)12/h1,3,11-12H,(H2,9,10). The van der Waals surface area contributed by atoms with Crippen LogP contribution < -0.4 is 11.2 Å². The Morgan fingerprint density at radius 3 is 2.75 bits per heavy atom. The summed E-state index contributed by atoms with van der Waals surface area (Å²) in [4.78, 5) is 3.62. The number of anilines is 1. The Labute approximate surface area is 69.2 Å². The summed E-state index contributed by atoms with van der Waals surface area (Å²) in [6.45, 7) is 0. The smallest absolute Gasteiger partial charge is 0.423 e. The van der Waals surface area contributed by atoms with E-state index in [0.29, 0.717) is 0 Å². The predicted molar refractivity (Wildman–Crippen MR) is 43.2 cm³/mol. The molecule has 6 heteroatoms. The van der Waals surface area contributed by atoms with Gasteiger partial charge in [-0.15, -0.1) is 0 Å². The Balaban J connectivity index is 3.23. The average molecular weight is 163 g/mol. The number of aromatic nitrogens is 1. The Bertz CT molecular complexity index is 334. The van der Waals surface area contributed by atoms with E-state index in [0.717, 1.165) is 0 Å². The first-order chi connectivity index (χ1) is 5.65. The van der Waals surface area contributed by atoms with Crippen LogP contribution in [0.5, 0.6) is 0 Å². The molecule has 4 N–H and O–H groups in total. The van der Waals surface area contributed by atoms with Gasteiger partial charge in [0.2, 0.25) is 0 Å². The molecule has 0 bridgehead atoms. The third-order valence-electron chi connectivity index (χ3n) is 1.35. The van der Waals surface area contributed by atoms with E-state index in [1.54, 1.807) is 6.07 Å². The number of rotatable bonds is 1. The van der Waals surface area contributed by atoms with Crippen molar-refractivity contribution in [1.82, 2.24) is 4.98 Å². The Morgan fingerprint density at radius 1 is 1.58 bits per heavy atom. The minimum absolute atomic E-state index is 0.0618. The van der Waals surface area contributed by atoms with Crippen LogP contribution in [-0.2, 0) is 0 Å². The van der Waals surface area contributed by atoms with E-state index in [2.05, 4.69) is 4.98 Å². The molecule has 0 saturated carbocycles. The van der Waals surface area contributed by atoms with Crippen LogP contribution >= 0.6 is 0 Å². The van der Waals surface area contributed by atoms with Gasteiger partial charge in [0.15, 0.2) is 0 Å². The minimum Gasteiger partial charge on any atom is -0.423 e. The molecule has 0 amide bonds. The Kier molecular flexibility index (Phi) is 2.28. The van der Waals surface area contributed by atoms with Gasteiger partial charge in [-0.1, -0.05) is 0 Å². The lowest BCUT2D eigenvalue weighted by Gasteiger charge is -2.01. The maximum Gasteiger partial charge on any atom is 0.491 e. The van der Waals surface area contributed by atoms with Crippen molar-refractivity contribution in [2.24, 2.45) is 0 Å². The molecule has 0 unspecified atom stereocenters. The van der Waals surface area contributed by atoms with Crippen molar-refractivity contribution in [3.05, 3.63) is 17.8 Å². The quantitative estimate of drug-likeness (QED) is 0.424. The number of nitriles is 1. The van der Waals surface area contributed by atoms with Crippen molar-refractivity contribution in [2.45, 2.75) is 0 Å². The third-order valence-corrected chi connectivity index (χ3v) is 1.35. The zero-order valence-electron chi connectivity index (χ0n) is 6.10. The van der Waals surface area contributed by atoms with Crippen molar-refractivity contribution in [2.75, 3.05) is 5.73 Å². The number of hydrogen-bond acceptors (Lipinski definition) is 5. The number of nitrogens with zero attached hydrogens (tertiary/aromatic N) is 2. The van der Waals surface area contributed by atoms with Gasteiger partial charge in [-0.2, -0.15) is 5.26 Å². The highest BCUT2D eigenvalue weighted by Crippen LogP contribution is 1.99. The van der Waals surface area contributed by atoms with Gasteiger partial charge in [0.25, 0.3) is 0 Å². The lowest BCUT2D eigenvalue weighted by molar-refractivity contribution is 0.425. The Morgan fingerprint density at radius 2 is 2.25 bits per heavy atom. The molecule has 0 fully saturated rings. The molecule has 60 valence electrons. The van der Waals surface area contributed by atoms with Crippen LogP contribution in [0.2, 0.25) is 0 Å². The van der Waals surface area contributed by atoms with Crippen molar-refractivity contribution >= 4 is 18.4 Å². The second-order valence-electron chi connectivity index (χ2n) is 2.18. The molecular weight excluding hydrogens is 157 g/mol. The van der Waals surface area contributed by atoms with Crippen LogP contribution in [0.1, 0.15) is 5.56 Å². The fraction of sp³-hybridized carbons (Fsp3) is 0. The SMILES string of the molecule is N#Cc1cc(N)ncc1B(O)O. The van der Waals surface area contributed by atoms with Crippen LogP contribution in [0.25, 0.3) is 0 Å². The number of nitrogen functional groups attached to an aromatic ring is 1. The molecule has 0 atom stereocenters. The summed E-state index contributed by atoms with van der Waals surface area (Å²) in [5, 5.41) is 26.0. The molecule has 5 nitrogen and oxygen atoms in total. The maximum absolute atomic E-state index is 8.75. The van der Waals surface area contributed by atoms with Gasteiger partial charge in [-0.3, -0.25) is 0 Å². The molecular formula is C6H6BN3O2. The van der Waals surface area contributed by atoms with Gasteiger partial charge < -0.3 is 15.8 Å². The summed E-state index contributed by atoms with van der Waals surface area (Å²) in [6.07, 6.45) is 1.17. The molecule has 1 heterocycles. The van der Waals surface area contributed by atoms with Crippen molar-refractivity contribution in [1.29, 1.82) is 5.26 Å². The summed E-state index contributed by atoms with van der Waals surface area (Å²) in [6, 6.07) is 3.06. The number of nitrogens with two attached hydrogens (primary N) is 1. The van der Waals surface area contributed by atoms with Gasteiger partial charge >= 0.3 is 7.12 Å². The van der Waals surface area contributed by atoms with Crippen molar-refractivity contribution in [3.63, 3.8) is 0 Å². The van der Waals surface area contributed by atoms with E-state index < -0.39 is 7.12 Å². The van der Waals surface area contributed by atoms with Crippen LogP contribution in [-0.4, -0.2) is 22.2 Å². The third kappa shape index (κ3) is 1.53. The molecule has 1 aromatic rings. The first-order valence-corrected chi connectivity index (χ1v) is 3.17. The van der Waals surface area contributed by atoms with E-state index in [-0.39, 0.29) is 16.8 Å². The highest BCUT2D eigenvalue weighted by atomic mass is 16.4. The molecule has 12 heavy (non-hydrogen) atoms. The molecule has 1 aromatic heterocycles. The van der Waals surface area contributed by atoms with Crippen molar-refractivity contribution in [3.8, 4) is 6.07 Å². The van der Waals surface area contributed by atoms with E-state index in [1.807, 2.05) is 0 Å². The van der Waals surface area contributed by atoms with E-state index in [4.69, 9.17) is 21.0 Å². The normalized spacial score (nSPS) is 9.08. The van der Waals surface area contributed by atoms with Gasteiger partial charge in [-0.05, 0) is 6.07 Å². The summed E-state index contributed by atoms with van der Waals surface area (Å²) in [5.41, 5.74) is 5.46. The van der Waals surface area contributed by atoms with Crippen LogP contribution in [0.3, 0.4) is 0 Å².